The fraction of sp³-hybridized carbons (Fsp3) is 0.909. The van der Waals surface area contributed by atoms with Crippen molar-refractivity contribution in [1.82, 2.24) is 9.80 Å². The molecule has 5 nitrogen and oxygen atoms in total. The highest BCUT2D eigenvalue weighted by atomic mass is 35.5. The summed E-state index contributed by atoms with van der Waals surface area (Å²) in [6.45, 7) is 5.13. The highest BCUT2D eigenvalue weighted by Crippen LogP contribution is 2.09. The second-order valence-corrected chi connectivity index (χ2v) is 7.43. The lowest BCUT2D eigenvalue weighted by Crippen LogP contribution is -2.43. The molecule has 1 saturated heterocycles. The molecule has 0 spiro atoms. The van der Waals surface area contributed by atoms with Crippen LogP contribution in [0.4, 0.5) is 0 Å². The zero-order valence-corrected chi connectivity index (χ0v) is 12.5. The zero-order chi connectivity index (χ0) is 13.8. The van der Waals surface area contributed by atoms with E-state index >= 15 is 0 Å². The molecule has 0 saturated carbocycles. The number of hydrogen-bond acceptors (Lipinski definition) is 4. The Labute approximate surface area is 114 Å². The minimum absolute atomic E-state index is 0.287. The van der Waals surface area contributed by atoms with Crippen molar-refractivity contribution in [2.24, 2.45) is 0 Å². The number of amides is 1. The molecule has 1 atom stereocenters. The SMILES string of the molecule is CC(C(=O)N1CCCN(CCCl)CC1)S(C)(=O)=O. The summed E-state index contributed by atoms with van der Waals surface area (Å²) in [6, 6.07) is 0. The predicted molar refractivity (Wildman–Crippen MR) is 72.7 cm³/mol. The molecule has 0 aromatic carbocycles. The van der Waals surface area contributed by atoms with Gasteiger partial charge in [0.2, 0.25) is 5.91 Å². The molecule has 0 N–H and O–H groups in total. The maximum Gasteiger partial charge on any atom is 0.240 e. The highest BCUT2D eigenvalue weighted by Gasteiger charge is 2.29. The molecular formula is C11H21ClN2O3S. The van der Waals surface area contributed by atoms with Crippen molar-refractivity contribution in [2.45, 2.75) is 18.6 Å². The Morgan fingerprint density at radius 3 is 2.50 bits per heavy atom. The standard InChI is InChI=1S/C11H21ClN2O3S/c1-10(18(2,16)17)11(15)14-6-3-5-13(7-4-12)8-9-14/h10H,3-9H2,1-2H3. The van der Waals surface area contributed by atoms with Crippen LogP contribution in [0.1, 0.15) is 13.3 Å². The summed E-state index contributed by atoms with van der Waals surface area (Å²) in [5, 5.41) is -0.947. The van der Waals surface area contributed by atoms with Gasteiger partial charge in [0.05, 0.1) is 0 Å². The first-order valence-corrected chi connectivity index (χ1v) is 8.61. The summed E-state index contributed by atoms with van der Waals surface area (Å²) in [5.74, 6) is 0.290. The maximum atomic E-state index is 12.1. The highest BCUT2D eigenvalue weighted by molar-refractivity contribution is 7.92. The molecule has 1 unspecified atom stereocenters. The molecule has 0 aromatic rings. The van der Waals surface area contributed by atoms with E-state index in [0.29, 0.717) is 19.0 Å². The summed E-state index contributed by atoms with van der Waals surface area (Å²) in [5.41, 5.74) is 0. The molecule has 106 valence electrons. The largest absolute Gasteiger partial charge is 0.340 e. The lowest BCUT2D eigenvalue weighted by molar-refractivity contribution is -0.130. The van der Waals surface area contributed by atoms with Gasteiger partial charge in [0.25, 0.3) is 0 Å². The number of carbonyl (C=O) groups is 1. The third kappa shape index (κ3) is 4.40. The van der Waals surface area contributed by atoms with Crippen LogP contribution in [0.25, 0.3) is 0 Å². The average molecular weight is 297 g/mol. The van der Waals surface area contributed by atoms with Gasteiger partial charge in [-0.05, 0) is 19.9 Å². The van der Waals surface area contributed by atoms with E-state index < -0.39 is 15.1 Å². The van der Waals surface area contributed by atoms with Crippen molar-refractivity contribution >= 4 is 27.3 Å². The van der Waals surface area contributed by atoms with Gasteiger partial charge in [-0.25, -0.2) is 8.42 Å². The lowest BCUT2D eigenvalue weighted by Gasteiger charge is -2.23. The number of sulfone groups is 1. The van der Waals surface area contributed by atoms with Crippen LogP contribution >= 0.6 is 11.6 Å². The third-order valence-electron chi connectivity index (χ3n) is 3.29. The van der Waals surface area contributed by atoms with Crippen LogP contribution in [-0.2, 0) is 14.6 Å². The molecule has 1 fully saturated rings. The van der Waals surface area contributed by atoms with Crippen LogP contribution < -0.4 is 0 Å². The molecular weight excluding hydrogens is 276 g/mol. The first-order chi connectivity index (χ1) is 8.36. The van der Waals surface area contributed by atoms with Gasteiger partial charge in [-0.3, -0.25) is 4.79 Å². The number of carbonyl (C=O) groups excluding carboxylic acids is 1. The minimum atomic E-state index is -3.31. The van der Waals surface area contributed by atoms with E-state index in [1.807, 2.05) is 0 Å². The first kappa shape index (κ1) is 15.7. The summed E-state index contributed by atoms with van der Waals surface area (Å²) in [7, 11) is -3.31. The van der Waals surface area contributed by atoms with Crippen LogP contribution in [-0.4, -0.2) is 74.2 Å². The average Bonchev–Trinajstić information content (AvgIpc) is 2.52. The van der Waals surface area contributed by atoms with Crippen LogP contribution in [0.3, 0.4) is 0 Å². The van der Waals surface area contributed by atoms with E-state index in [1.54, 1.807) is 4.90 Å². The second-order valence-electron chi connectivity index (χ2n) is 4.68. The Hall–Kier alpha value is -0.330. The van der Waals surface area contributed by atoms with Gasteiger partial charge in [0.15, 0.2) is 9.84 Å². The molecule has 1 aliphatic rings. The molecule has 0 bridgehead atoms. The predicted octanol–water partition coefficient (Wildman–Crippen LogP) is 0.193. The number of halogens is 1. The Balaban J connectivity index is 2.60. The Morgan fingerprint density at radius 2 is 1.94 bits per heavy atom. The molecule has 1 rings (SSSR count). The summed E-state index contributed by atoms with van der Waals surface area (Å²) in [6.07, 6.45) is 1.96. The van der Waals surface area contributed by atoms with Gasteiger partial charge in [0.1, 0.15) is 5.25 Å². The molecule has 0 aliphatic carbocycles. The van der Waals surface area contributed by atoms with E-state index in [0.717, 1.165) is 32.3 Å². The van der Waals surface area contributed by atoms with E-state index in [9.17, 15) is 13.2 Å². The second kappa shape index (κ2) is 6.73. The van der Waals surface area contributed by atoms with Gasteiger partial charge in [-0.2, -0.15) is 0 Å². The van der Waals surface area contributed by atoms with Crippen LogP contribution in [0.2, 0.25) is 0 Å². The molecule has 1 aliphatic heterocycles. The van der Waals surface area contributed by atoms with E-state index in [2.05, 4.69) is 4.90 Å². The van der Waals surface area contributed by atoms with E-state index in [1.165, 1.54) is 6.92 Å². The van der Waals surface area contributed by atoms with Crippen molar-refractivity contribution in [2.75, 3.05) is 44.9 Å². The monoisotopic (exact) mass is 296 g/mol. The van der Waals surface area contributed by atoms with Gasteiger partial charge in [-0.1, -0.05) is 0 Å². The Morgan fingerprint density at radius 1 is 1.28 bits per heavy atom. The van der Waals surface area contributed by atoms with Crippen LogP contribution in [0, 0.1) is 0 Å². The fourth-order valence-electron chi connectivity index (χ4n) is 1.97. The van der Waals surface area contributed by atoms with Crippen molar-refractivity contribution in [3.63, 3.8) is 0 Å². The molecule has 0 aromatic heterocycles. The topological polar surface area (TPSA) is 57.7 Å². The maximum absolute atomic E-state index is 12.1. The van der Waals surface area contributed by atoms with Gasteiger partial charge >= 0.3 is 0 Å². The number of nitrogens with zero attached hydrogens (tertiary/aromatic N) is 2. The number of hydrogen-bond donors (Lipinski definition) is 0. The van der Waals surface area contributed by atoms with Crippen molar-refractivity contribution < 1.29 is 13.2 Å². The van der Waals surface area contributed by atoms with Crippen LogP contribution in [0.15, 0.2) is 0 Å². The van der Waals surface area contributed by atoms with Gasteiger partial charge < -0.3 is 9.80 Å². The summed E-state index contributed by atoms with van der Waals surface area (Å²) in [4.78, 5) is 15.9. The minimum Gasteiger partial charge on any atom is -0.340 e. The smallest absolute Gasteiger partial charge is 0.240 e. The van der Waals surface area contributed by atoms with Crippen molar-refractivity contribution in [3.8, 4) is 0 Å². The quantitative estimate of drug-likeness (QED) is 0.695. The third-order valence-corrected chi connectivity index (χ3v) is 4.95. The molecule has 18 heavy (non-hydrogen) atoms. The summed E-state index contributed by atoms with van der Waals surface area (Å²) >= 11 is 5.70. The van der Waals surface area contributed by atoms with Gasteiger partial charge in [0, 0.05) is 38.3 Å². The lowest BCUT2D eigenvalue weighted by atomic mass is 10.3. The zero-order valence-electron chi connectivity index (χ0n) is 10.9. The molecule has 1 heterocycles. The Kier molecular flexibility index (Phi) is 5.88. The molecule has 1 amide bonds. The van der Waals surface area contributed by atoms with E-state index in [-0.39, 0.29) is 5.91 Å². The molecule has 0 radical (unpaired) electrons. The van der Waals surface area contributed by atoms with Crippen molar-refractivity contribution in [3.05, 3.63) is 0 Å². The fourth-order valence-corrected chi connectivity index (χ4v) is 2.73. The molecule has 7 heteroatoms. The summed E-state index contributed by atoms with van der Waals surface area (Å²) < 4.78 is 22.8. The van der Waals surface area contributed by atoms with E-state index in [4.69, 9.17) is 11.6 Å². The number of alkyl halides is 1. The van der Waals surface area contributed by atoms with Crippen LogP contribution in [0.5, 0.6) is 0 Å². The first-order valence-electron chi connectivity index (χ1n) is 6.12. The van der Waals surface area contributed by atoms with Crippen molar-refractivity contribution in [1.29, 1.82) is 0 Å². The van der Waals surface area contributed by atoms with Gasteiger partial charge in [-0.15, -0.1) is 11.6 Å². The normalized spacial score (nSPS) is 20.5. The number of rotatable bonds is 4. The Bertz CT molecular complexity index is 386.